The van der Waals surface area contributed by atoms with Crippen LogP contribution < -0.4 is 0 Å². The number of nitrogens with zero attached hydrogens (tertiary/aromatic N) is 2. The minimum atomic E-state index is -0.427. The Morgan fingerprint density at radius 1 is 1.58 bits per heavy atom. The Kier molecular flexibility index (Phi) is 1.60. The van der Waals surface area contributed by atoms with Crippen molar-refractivity contribution in [1.29, 1.82) is 0 Å². The molecule has 1 heterocycles. The summed E-state index contributed by atoms with van der Waals surface area (Å²) in [7, 11) is 0. The fraction of sp³-hybridized carbons (Fsp3) is 0.556. The molecule has 1 aliphatic rings. The molecular weight excluding hydrogens is 155 g/mol. The Bertz CT molecular complexity index is 294. The van der Waals surface area contributed by atoms with E-state index in [0.29, 0.717) is 11.2 Å². The van der Waals surface area contributed by atoms with Crippen LogP contribution in [0.2, 0.25) is 0 Å². The molecule has 2 rings (SSSR count). The predicted octanol–water partition coefficient (Wildman–Crippen LogP) is 1.96. The van der Waals surface area contributed by atoms with E-state index >= 15 is 0 Å². The summed E-state index contributed by atoms with van der Waals surface area (Å²) in [6.07, 6.45) is 4.72. The first-order valence-electron chi connectivity index (χ1n) is 4.15. The summed E-state index contributed by atoms with van der Waals surface area (Å²) in [6, 6.07) is 1.28. The summed E-state index contributed by atoms with van der Waals surface area (Å²) >= 11 is 0. The lowest BCUT2D eigenvalue weighted by Gasteiger charge is -2.04. The van der Waals surface area contributed by atoms with Crippen molar-refractivity contribution in [2.45, 2.75) is 26.2 Å². The van der Waals surface area contributed by atoms with Crippen LogP contribution in [-0.2, 0) is 6.42 Å². The highest BCUT2D eigenvalue weighted by Gasteiger charge is 2.37. The van der Waals surface area contributed by atoms with Gasteiger partial charge in [0.05, 0.1) is 0 Å². The van der Waals surface area contributed by atoms with Gasteiger partial charge in [0, 0.05) is 18.7 Å². The van der Waals surface area contributed by atoms with Gasteiger partial charge < -0.3 is 0 Å². The van der Waals surface area contributed by atoms with Gasteiger partial charge in [-0.1, -0.05) is 6.92 Å². The van der Waals surface area contributed by atoms with E-state index in [0.717, 1.165) is 6.42 Å². The molecule has 0 bridgehead atoms. The van der Waals surface area contributed by atoms with Crippen molar-refractivity contribution >= 4 is 0 Å². The van der Waals surface area contributed by atoms with Gasteiger partial charge in [0.1, 0.15) is 5.82 Å². The zero-order valence-electron chi connectivity index (χ0n) is 7.05. The summed E-state index contributed by atoms with van der Waals surface area (Å²) in [5, 5.41) is 0. The number of hydrogen-bond donors (Lipinski definition) is 0. The molecule has 0 spiro atoms. The second-order valence-corrected chi connectivity index (χ2v) is 3.78. The minimum absolute atomic E-state index is 0.355. The molecule has 1 saturated carbocycles. The van der Waals surface area contributed by atoms with Crippen molar-refractivity contribution in [3.8, 4) is 0 Å². The van der Waals surface area contributed by atoms with Crippen molar-refractivity contribution in [2.75, 3.05) is 0 Å². The summed E-state index contributed by atoms with van der Waals surface area (Å²) in [6.45, 7) is 2.18. The van der Waals surface area contributed by atoms with Crippen molar-refractivity contribution in [3.63, 3.8) is 0 Å². The Morgan fingerprint density at radius 3 is 2.92 bits per heavy atom. The highest BCUT2D eigenvalue weighted by molar-refractivity contribution is 5.00. The summed E-state index contributed by atoms with van der Waals surface area (Å²) < 4.78 is 12.6. The van der Waals surface area contributed by atoms with Gasteiger partial charge in [0.2, 0.25) is 5.95 Å². The smallest absolute Gasteiger partial charge is 0.216 e. The normalized spacial score (nSPS) is 19.2. The van der Waals surface area contributed by atoms with E-state index in [9.17, 15) is 4.39 Å². The molecule has 0 saturated heterocycles. The molecule has 0 amide bonds. The van der Waals surface area contributed by atoms with Gasteiger partial charge in [-0.05, 0) is 18.3 Å². The number of halogens is 1. The molecule has 1 aromatic rings. The van der Waals surface area contributed by atoms with Crippen molar-refractivity contribution in [1.82, 2.24) is 9.97 Å². The summed E-state index contributed by atoms with van der Waals surface area (Å²) in [5.41, 5.74) is 0.355. The van der Waals surface area contributed by atoms with Gasteiger partial charge in [0.25, 0.3) is 0 Å². The van der Waals surface area contributed by atoms with Gasteiger partial charge in [-0.2, -0.15) is 4.39 Å². The Hall–Kier alpha value is -0.990. The van der Waals surface area contributed by atoms with Gasteiger partial charge >= 0.3 is 0 Å². The monoisotopic (exact) mass is 166 g/mol. The second kappa shape index (κ2) is 2.51. The van der Waals surface area contributed by atoms with Crippen molar-refractivity contribution in [2.24, 2.45) is 5.41 Å². The third kappa shape index (κ3) is 1.60. The quantitative estimate of drug-likeness (QED) is 0.627. The third-order valence-electron chi connectivity index (χ3n) is 2.36. The van der Waals surface area contributed by atoms with Crippen LogP contribution >= 0.6 is 0 Å². The fourth-order valence-electron chi connectivity index (χ4n) is 1.23. The maximum Gasteiger partial charge on any atom is 0.216 e. The molecule has 2 nitrogen and oxygen atoms in total. The molecular formula is C9H11FN2. The third-order valence-corrected chi connectivity index (χ3v) is 2.36. The molecule has 1 aliphatic carbocycles. The van der Waals surface area contributed by atoms with E-state index in [4.69, 9.17) is 0 Å². The van der Waals surface area contributed by atoms with Crippen LogP contribution in [0.15, 0.2) is 12.3 Å². The van der Waals surface area contributed by atoms with E-state index in [1.807, 2.05) is 0 Å². The van der Waals surface area contributed by atoms with Gasteiger partial charge in [-0.3, -0.25) is 0 Å². The Balaban J connectivity index is 2.12. The van der Waals surface area contributed by atoms with Crippen LogP contribution in [0.25, 0.3) is 0 Å². The van der Waals surface area contributed by atoms with Crippen LogP contribution in [-0.4, -0.2) is 9.97 Å². The summed E-state index contributed by atoms with van der Waals surface area (Å²) in [5.74, 6) is 0.208. The highest BCUT2D eigenvalue weighted by Crippen LogP contribution is 2.47. The SMILES string of the molecule is CC1(Cc2nccc(F)n2)CC1. The summed E-state index contributed by atoms with van der Waals surface area (Å²) in [4.78, 5) is 7.73. The van der Waals surface area contributed by atoms with Crippen molar-refractivity contribution < 1.29 is 4.39 Å². The molecule has 1 aromatic heterocycles. The topological polar surface area (TPSA) is 25.8 Å². The van der Waals surface area contributed by atoms with E-state index < -0.39 is 5.95 Å². The van der Waals surface area contributed by atoms with Gasteiger partial charge in [-0.25, -0.2) is 9.97 Å². The van der Waals surface area contributed by atoms with Crippen LogP contribution in [0, 0.1) is 11.4 Å². The molecule has 64 valence electrons. The lowest BCUT2D eigenvalue weighted by molar-refractivity contribution is 0.521. The van der Waals surface area contributed by atoms with Crippen LogP contribution in [0.4, 0.5) is 4.39 Å². The molecule has 3 heteroatoms. The zero-order chi connectivity index (χ0) is 8.60. The largest absolute Gasteiger partial charge is 0.241 e. The van der Waals surface area contributed by atoms with Crippen LogP contribution in [0.3, 0.4) is 0 Å². The maximum absolute atomic E-state index is 12.6. The number of rotatable bonds is 2. The van der Waals surface area contributed by atoms with E-state index in [-0.39, 0.29) is 0 Å². The van der Waals surface area contributed by atoms with Gasteiger partial charge in [0.15, 0.2) is 0 Å². The van der Waals surface area contributed by atoms with Crippen LogP contribution in [0.1, 0.15) is 25.6 Å². The van der Waals surface area contributed by atoms with E-state index in [1.165, 1.54) is 25.1 Å². The van der Waals surface area contributed by atoms with E-state index in [1.54, 1.807) is 0 Å². The molecule has 0 aliphatic heterocycles. The molecule has 0 aromatic carbocycles. The van der Waals surface area contributed by atoms with Crippen molar-refractivity contribution in [3.05, 3.63) is 24.0 Å². The first-order valence-corrected chi connectivity index (χ1v) is 4.15. The van der Waals surface area contributed by atoms with E-state index in [2.05, 4.69) is 16.9 Å². The van der Waals surface area contributed by atoms with Gasteiger partial charge in [-0.15, -0.1) is 0 Å². The first-order chi connectivity index (χ1) is 5.68. The molecule has 0 radical (unpaired) electrons. The fourth-order valence-corrected chi connectivity index (χ4v) is 1.23. The zero-order valence-corrected chi connectivity index (χ0v) is 7.05. The standard InChI is InChI=1S/C9H11FN2/c1-9(3-4-9)6-8-11-5-2-7(10)12-8/h2,5H,3-4,6H2,1H3. The minimum Gasteiger partial charge on any atom is -0.241 e. The lowest BCUT2D eigenvalue weighted by atomic mass is 10.1. The molecule has 0 N–H and O–H groups in total. The Labute approximate surface area is 70.9 Å². The molecule has 12 heavy (non-hydrogen) atoms. The first kappa shape index (κ1) is 7.65. The second-order valence-electron chi connectivity index (χ2n) is 3.78. The van der Waals surface area contributed by atoms with Crippen LogP contribution in [0.5, 0.6) is 0 Å². The Morgan fingerprint density at radius 2 is 2.33 bits per heavy atom. The predicted molar refractivity (Wildman–Crippen MR) is 43.0 cm³/mol. The average molecular weight is 166 g/mol. The lowest BCUT2D eigenvalue weighted by Crippen LogP contribution is -2.04. The molecule has 0 atom stereocenters. The number of hydrogen-bond acceptors (Lipinski definition) is 2. The highest BCUT2D eigenvalue weighted by atomic mass is 19.1. The maximum atomic E-state index is 12.6. The molecule has 1 fully saturated rings. The average Bonchev–Trinajstić information content (AvgIpc) is 2.67. The molecule has 0 unspecified atom stereocenters. The number of aromatic nitrogens is 2.